The van der Waals surface area contributed by atoms with Crippen molar-refractivity contribution in [2.24, 2.45) is 0 Å². The van der Waals surface area contributed by atoms with Crippen molar-refractivity contribution in [3.63, 3.8) is 0 Å². The lowest BCUT2D eigenvalue weighted by atomic mass is 9.97. The zero-order valence-corrected chi connectivity index (χ0v) is 21.9. The number of benzene rings is 1. The second-order valence-corrected chi connectivity index (χ2v) is 10.4. The number of carbonyl (C=O) groups excluding carboxylic acids is 2. The summed E-state index contributed by atoms with van der Waals surface area (Å²) in [4.78, 5) is 44.7. The number of fused-ring (bicyclic) bond motifs is 3. The number of nitrogen functional groups attached to an aromatic ring is 1. The lowest BCUT2D eigenvalue weighted by Crippen LogP contribution is -2.51. The number of carbonyl (C=O) groups is 2. The zero-order chi connectivity index (χ0) is 26.9. The van der Waals surface area contributed by atoms with Gasteiger partial charge in [-0.05, 0) is 43.4 Å². The molecule has 1 aromatic carbocycles. The number of nitrogens with one attached hydrogen (secondary N) is 2. The van der Waals surface area contributed by atoms with Gasteiger partial charge in [-0.25, -0.2) is 9.97 Å². The van der Waals surface area contributed by atoms with Crippen LogP contribution in [-0.4, -0.2) is 54.4 Å². The van der Waals surface area contributed by atoms with Crippen molar-refractivity contribution in [1.82, 2.24) is 35.1 Å². The summed E-state index contributed by atoms with van der Waals surface area (Å²) in [5.41, 5.74) is 8.13. The molecular weight excluding hydrogens is 518 g/mol. The first-order chi connectivity index (χ1) is 18.9. The normalized spacial score (nSPS) is 20.2. The molecule has 0 saturated carbocycles. The molecule has 2 unspecified atom stereocenters. The minimum absolute atomic E-state index is 0.0352. The molecule has 0 radical (unpaired) electrons. The van der Waals surface area contributed by atoms with Crippen LogP contribution in [0.1, 0.15) is 41.6 Å². The van der Waals surface area contributed by atoms with E-state index in [-0.39, 0.29) is 47.6 Å². The Morgan fingerprint density at radius 1 is 1.03 bits per heavy atom. The third-order valence-electron chi connectivity index (χ3n) is 7.42. The zero-order valence-electron chi connectivity index (χ0n) is 21.1. The van der Waals surface area contributed by atoms with Gasteiger partial charge in [0.05, 0.1) is 11.9 Å². The van der Waals surface area contributed by atoms with E-state index in [1.54, 1.807) is 10.8 Å². The average molecular weight is 546 g/mol. The van der Waals surface area contributed by atoms with Gasteiger partial charge in [0.2, 0.25) is 11.9 Å². The minimum atomic E-state index is -0.149. The van der Waals surface area contributed by atoms with E-state index in [1.807, 2.05) is 42.5 Å². The maximum absolute atomic E-state index is 12.9. The quantitative estimate of drug-likeness (QED) is 0.301. The van der Waals surface area contributed by atoms with Gasteiger partial charge in [0.25, 0.3) is 5.91 Å². The predicted octanol–water partition coefficient (Wildman–Crippen LogP) is 2.70. The number of aromatic nitrogens is 5. The summed E-state index contributed by atoms with van der Waals surface area (Å²) in [5.74, 6) is 0.632. The van der Waals surface area contributed by atoms with Crippen LogP contribution in [0.2, 0.25) is 5.15 Å². The molecule has 5 heterocycles. The Kier molecular flexibility index (Phi) is 6.74. The highest BCUT2D eigenvalue weighted by molar-refractivity contribution is 6.33. The summed E-state index contributed by atoms with van der Waals surface area (Å²) >= 11 is 6.10. The van der Waals surface area contributed by atoms with E-state index in [2.05, 4.69) is 35.5 Å². The maximum Gasteiger partial charge on any atom is 0.253 e. The lowest BCUT2D eigenvalue weighted by molar-refractivity contribution is -0.122. The molecule has 11 nitrogen and oxygen atoms in total. The molecule has 200 valence electrons. The molecule has 2 saturated heterocycles. The number of rotatable bonds is 7. The van der Waals surface area contributed by atoms with E-state index < -0.39 is 0 Å². The number of amides is 2. The Hall–Kier alpha value is -4.25. The van der Waals surface area contributed by atoms with Crippen LogP contribution in [0.25, 0.3) is 11.2 Å². The molecular formula is C27H28ClN9O2. The molecule has 4 N–H and O–H groups in total. The van der Waals surface area contributed by atoms with Crippen molar-refractivity contribution >= 4 is 46.3 Å². The van der Waals surface area contributed by atoms with Crippen LogP contribution in [0.4, 0.5) is 11.8 Å². The largest absolute Gasteiger partial charge is 0.368 e. The number of anilines is 2. The van der Waals surface area contributed by atoms with Crippen molar-refractivity contribution in [1.29, 1.82) is 0 Å². The Morgan fingerprint density at radius 2 is 1.79 bits per heavy atom. The van der Waals surface area contributed by atoms with Crippen LogP contribution >= 0.6 is 11.6 Å². The molecule has 3 aromatic heterocycles. The number of piperidine rings is 1. The maximum atomic E-state index is 12.9. The van der Waals surface area contributed by atoms with Gasteiger partial charge < -0.3 is 25.8 Å². The van der Waals surface area contributed by atoms with E-state index in [9.17, 15) is 9.59 Å². The molecule has 2 fully saturated rings. The van der Waals surface area contributed by atoms with E-state index in [0.29, 0.717) is 23.3 Å². The van der Waals surface area contributed by atoms with Gasteiger partial charge in [0.15, 0.2) is 10.8 Å². The monoisotopic (exact) mass is 545 g/mol. The van der Waals surface area contributed by atoms with E-state index in [4.69, 9.17) is 17.3 Å². The number of nitrogens with two attached hydrogens (primary N) is 1. The molecule has 0 aliphatic carbocycles. The van der Waals surface area contributed by atoms with Crippen LogP contribution < -0.4 is 21.3 Å². The molecule has 0 spiro atoms. The Bertz CT molecular complexity index is 1500. The molecule has 6 rings (SSSR count). The third-order valence-corrected chi connectivity index (χ3v) is 7.68. The number of pyridine rings is 1. The molecule has 2 atom stereocenters. The van der Waals surface area contributed by atoms with Crippen molar-refractivity contribution in [2.45, 2.75) is 56.9 Å². The van der Waals surface area contributed by atoms with Crippen LogP contribution in [0.3, 0.4) is 0 Å². The molecule has 4 aromatic rings. The number of nitrogens with zero attached hydrogens (tertiary/aromatic N) is 6. The number of hydrogen-bond donors (Lipinski definition) is 3. The first-order valence-electron chi connectivity index (χ1n) is 12.9. The van der Waals surface area contributed by atoms with Gasteiger partial charge in [-0.1, -0.05) is 41.9 Å². The van der Waals surface area contributed by atoms with Crippen molar-refractivity contribution in [2.75, 3.05) is 10.6 Å². The summed E-state index contributed by atoms with van der Waals surface area (Å²) in [6, 6.07) is 14.2. The summed E-state index contributed by atoms with van der Waals surface area (Å²) < 4.78 is 1.62. The first kappa shape index (κ1) is 25.1. The minimum Gasteiger partial charge on any atom is -0.368 e. The highest BCUT2D eigenvalue weighted by Gasteiger charge is 2.41. The van der Waals surface area contributed by atoms with Gasteiger partial charge in [-0.2, -0.15) is 9.97 Å². The smallest absolute Gasteiger partial charge is 0.253 e. The molecule has 2 amide bonds. The van der Waals surface area contributed by atoms with Crippen LogP contribution in [0, 0.1) is 0 Å². The lowest BCUT2D eigenvalue weighted by Gasteiger charge is -2.40. The Balaban J connectivity index is 1.05. The highest BCUT2D eigenvalue weighted by atomic mass is 35.5. The van der Waals surface area contributed by atoms with Crippen LogP contribution in [-0.2, 0) is 17.9 Å². The van der Waals surface area contributed by atoms with Crippen molar-refractivity contribution in [3.05, 3.63) is 71.3 Å². The second kappa shape index (κ2) is 10.5. The highest BCUT2D eigenvalue weighted by Crippen LogP contribution is 2.38. The number of halogens is 1. The van der Waals surface area contributed by atoms with E-state index in [1.165, 1.54) is 6.33 Å². The predicted molar refractivity (Wildman–Crippen MR) is 147 cm³/mol. The van der Waals surface area contributed by atoms with Crippen LogP contribution in [0.5, 0.6) is 0 Å². The van der Waals surface area contributed by atoms with E-state index >= 15 is 0 Å². The summed E-state index contributed by atoms with van der Waals surface area (Å²) in [6.07, 6.45) is 6.90. The summed E-state index contributed by atoms with van der Waals surface area (Å²) in [6.45, 7) is 0.533. The standard InChI is InChI=1S/C27H28ClN9O2/c28-24-23-25(35-27(29)34-24)36(15-32-23)14-22(38)33-18-10-19-7-8-20(11-18)37(19)21-9-6-17(13-30-21)26(39)31-12-16-4-2-1-3-5-16/h1-6,9,13,15,18-20H,7-8,10-12,14H2,(H,31,39)(H,33,38)(H2,29,34,35). The van der Waals surface area contributed by atoms with Crippen LogP contribution in [0.15, 0.2) is 55.0 Å². The molecule has 12 heteroatoms. The average Bonchev–Trinajstić information content (AvgIpc) is 3.45. The van der Waals surface area contributed by atoms with Gasteiger partial charge in [0, 0.05) is 30.9 Å². The van der Waals surface area contributed by atoms with Gasteiger partial charge in [0.1, 0.15) is 17.9 Å². The summed E-state index contributed by atoms with van der Waals surface area (Å²) in [7, 11) is 0. The fourth-order valence-electron chi connectivity index (χ4n) is 5.69. The fourth-order valence-corrected chi connectivity index (χ4v) is 5.91. The van der Waals surface area contributed by atoms with E-state index in [0.717, 1.165) is 37.1 Å². The Morgan fingerprint density at radius 3 is 2.51 bits per heavy atom. The molecule has 2 aliphatic rings. The van der Waals surface area contributed by atoms with Gasteiger partial charge in [-0.3, -0.25) is 9.59 Å². The summed E-state index contributed by atoms with van der Waals surface area (Å²) in [5, 5.41) is 6.28. The van der Waals surface area contributed by atoms with Crippen molar-refractivity contribution in [3.8, 4) is 0 Å². The third kappa shape index (κ3) is 5.22. The Labute approximate surface area is 229 Å². The van der Waals surface area contributed by atoms with Gasteiger partial charge in [-0.15, -0.1) is 0 Å². The number of hydrogen-bond acceptors (Lipinski definition) is 8. The molecule has 2 aliphatic heterocycles. The second-order valence-electron chi connectivity index (χ2n) is 10.0. The number of imidazole rings is 1. The first-order valence-corrected chi connectivity index (χ1v) is 13.3. The molecule has 2 bridgehead atoms. The van der Waals surface area contributed by atoms with Gasteiger partial charge >= 0.3 is 0 Å². The molecule has 39 heavy (non-hydrogen) atoms. The van der Waals surface area contributed by atoms with Crippen molar-refractivity contribution < 1.29 is 9.59 Å². The topological polar surface area (TPSA) is 144 Å². The fraction of sp³-hybridized carbons (Fsp3) is 0.333. The SMILES string of the molecule is Nc1nc(Cl)c2ncn(CC(=O)NC3CC4CCC(C3)N4c3ccc(C(=O)NCc4ccccc4)cn3)c2n1.